The van der Waals surface area contributed by atoms with Gasteiger partial charge in [-0.3, -0.25) is 9.59 Å². The summed E-state index contributed by atoms with van der Waals surface area (Å²) in [5.74, 6) is 0.688. The molecule has 2 amide bonds. The molecular weight excluding hydrogens is 476 g/mol. The highest BCUT2D eigenvalue weighted by Crippen LogP contribution is 2.50. The van der Waals surface area contributed by atoms with E-state index in [1.165, 1.54) is 23.8 Å². The fourth-order valence-corrected chi connectivity index (χ4v) is 5.62. The SMILES string of the molecule is CCc1ccc(N2C(=O)C3=C(C2=O)C(c2cc(OC)c(OC)c(OC)c2)Nc2ccccc2S3)cc1. The number of para-hydroxylation sites is 1. The first kappa shape index (κ1) is 23.8. The number of ether oxygens (including phenoxy) is 3. The minimum absolute atomic E-state index is 0.333. The molecule has 0 saturated heterocycles. The number of rotatable bonds is 6. The zero-order valence-corrected chi connectivity index (χ0v) is 21.3. The molecule has 0 spiro atoms. The summed E-state index contributed by atoms with van der Waals surface area (Å²) in [5, 5.41) is 3.50. The van der Waals surface area contributed by atoms with Crippen molar-refractivity contribution in [3.63, 3.8) is 0 Å². The number of hydrogen-bond donors (Lipinski definition) is 1. The molecule has 3 aromatic carbocycles. The third-order valence-corrected chi connectivity index (χ3v) is 7.56. The van der Waals surface area contributed by atoms with Crippen molar-refractivity contribution in [3.8, 4) is 17.2 Å². The normalized spacial score (nSPS) is 16.8. The van der Waals surface area contributed by atoms with Gasteiger partial charge >= 0.3 is 0 Å². The van der Waals surface area contributed by atoms with Gasteiger partial charge in [0, 0.05) is 10.6 Å². The van der Waals surface area contributed by atoms with Crippen LogP contribution >= 0.6 is 11.8 Å². The molecule has 2 heterocycles. The van der Waals surface area contributed by atoms with E-state index in [0.29, 0.717) is 39.0 Å². The van der Waals surface area contributed by atoms with E-state index in [0.717, 1.165) is 22.6 Å². The summed E-state index contributed by atoms with van der Waals surface area (Å²) in [5.41, 5.74) is 3.60. The third kappa shape index (κ3) is 3.87. The van der Waals surface area contributed by atoms with Crippen molar-refractivity contribution in [1.29, 1.82) is 0 Å². The maximum absolute atomic E-state index is 13.9. The third-order valence-electron chi connectivity index (χ3n) is 6.39. The van der Waals surface area contributed by atoms with Crippen molar-refractivity contribution in [3.05, 3.63) is 82.3 Å². The van der Waals surface area contributed by atoms with Gasteiger partial charge in [-0.1, -0.05) is 43.0 Å². The number of carbonyl (C=O) groups excluding carboxylic acids is 2. The van der Waals surface area contributed by atoms with Gasteiger partial charge < -0.3 is 19.5 Å². The van der Waals surface area contributed by atoms with Gasteiger partial charge in [-0.25, -0.2) is 4.90 Å². The molecular formula is C28H26N2O5S. The van der Waals surface area contributed by atoms with Crippen LogP contribution in [0, 0.1) is 0 Å². The van der Waals surface area contributed by atoms with Crippen LogP contribution in [0.15, 0.2) is 76.0 Å². The van der Waals surface area contributed by atoms with Gasteiger partial charge in [-0.2, -0.15) is 0 Å². The van der Waals surface area contributed by atoms with E-state index in [1.807, 2.05) is 48.5 Å². The highest BCUT2D eigenvalue weighted by atomic mass is 32.2. The quantitative estimate of drug-likeness (QED) is 0.455. The Kier molecular flexibility index (Phi) is 6.36. The molecule has 2 aliphatic heterocycles. The van der Waals surface area contributed by atoms with Crippen LogP contribution in [-0.2, 0) is 16.0 Å². The number of carbonyl (C=O) groups is 2. The van der Waals surface area contributed by atoms with Crippen LogP contribution in [0.1, 0.15) is 24.1 Å². The number of aryl methyl sites for hydroxylation is 1. The van der Waals surface area contributed by atoms with E-state index in [1.54, 1.807) is 26.4 Å². The lowest BCUT2D eigenvalue weighted by molar-refractivity contribution is -0.120. The van der Waals surface area contributed by atoms with E-state index < -0.39 is 6.04 Å². The fraction of sp³-hybridized carbons (Fsp3) is 0.214. The molecule has 5 rings (SSSR count). The van der Waals surface area contributed by atoms with Crippen molar-refractivity contribution in [1.82, 2.24) is 0 Å². The van der Waals surface area contributed by atoms with Gasteiger partial charge in [0.05, 0.1) is 43.5 Å². The van der Waals surface area contributed by atoms with Gasteiger partial charge in [-0.05, 0) is 53.9 Å². The number of benzene rings is 3. The molecule has 1 unspecified atom stereocenters. The molecule has 36 heavy (non-hydrogen) atoms. The van der Waals surface area contributed by atoms with Crippen LogP contribution in [0.3, 0.4) is 0 Å². The Labute approximate surface area is 214 Å². The van der Waals surface area contributed by atoms with E-state index in [2.05, 4.69) is 12.2 Å². The summed E-state index contributed by atoms with van der Waals surface area (Å²) in [6.45, 7) is 2.06. The zero-order chi connectivity index (χ0) is 25.4. The first-order valence-electron chi connectivity index (χ1n) is 11.6. The van der Waals surface area contributed by atoms with Crippen LogP contribution in [0.4, 0.5) is 11.4 Å². The first-order valence-corrected chi connectivity index (χ1v) is 12.4. The van der Waals surface area contributed by atoms with Crippen LogP contribution in [0.5, 0.6) is 17.2 Å². The van der Waals surface area contributed by atoms with Crippen molar-refractivity contribution in [2.75, 3.05) is 31.5 Å². The Morgan fingerprint density at radius 3 is 2.17 bits per heavy atom. The van der Waals surface area contributed by atoms with Crippen LogP contribution in [-0.4, -0.2) is 33.1 Å². The van der Waals surface area contributed by atoms with E-state index in [4.69, 9.17) is 14.2 Å². The number of amides is 2. The predicted molar refractivity (Wildman–Crippen MR) is 140 cm³/mol. The molecule has 0 aromatic heterocycles. The molecule has 0 radical (unpaired) electrons. The highest BCUT2D eigenvalue weighted by Gasteiger charge is 2.45. The minimum atomic E-state index is -0.624. The molecule has 0 aliphatic carbocycles. The Bertz CT molecular complexity index is 1360. The molecule has 0 bridgehead atoms. The summed E-state index contributed by atoms with van der Waals surface area (Å²) in [6.07, 6.45) is 0.872. The first-order chi connectivity index (χ1) is 17.5. The molecule has 184 valence electrons. The second kappa shape index (κ2) is 9.62. The summed E-state index contributed by atoms with van der Waals surface area (Å²) >= 11 is 1.31. The Morgan fingerprint density at radius 1 is 0.889 bits per heavy atom. The topological polar surface area (TPSA) is 77.1 Å². The number of thioether (sulfide) groups is 1. The Hall–Kier alpha value is -3.91. The summed E-state index contributed by atoms with van der Waals surface area (Å²) in [7, 11) is 4.63. The summed E-state index contributed by atoms with van der Waals surface area (Å²) < 4.78 is 16.6. The monoisotopic (exact) mass is 502 g/mol. The Morgan fingerprint density at radius 2 is 1.56 bits per heavy atom. The average molecular weight is 503 g/mol. The largest absolute Gasteiger partial charge is 0.493 e. The second-order valence-electron chi connectivity index (χ2n) is 8.34. The average Bonchev–Trinajstić information content (AvgIpc) is 3.05. The zero-order valence-electron chi connectivity index (χ0n) is 20.5. The Balaban J connectivity index is 1.67. The van der Waals surface area contributed by atoms with E-state index in [9.17, 15) is 9.59 Å². The maximum atomic E-state index is 13.9. The smallest absolute Gasteiger partial charge is 0.272 e. The van der Waals surface area contributed by atoms with Gasteiger partial charge in [-0.15, -0.1) is 0 Å². The maximum Gasteiger partial charge on any atom is 0.272 e. The molecule has 0 saturated carbocycles. The van der Waals surface area contributed by atoms with Crippen molar-refractivity contribution in [2.24, 2.45) is 0 Å². The van der Waals surface area contributed by atoms with Gasteiger partial charge in [0.25, 0.3) is 11.8 Å². The number of imide groups is 1. The second-order valence-corrected chi connectivity index (χ2v) is 9.39. The summed E-state index contributed by atoms with van der Waals surface area (Å²) in [6, 6.07) is 18.2. The molecule has 8 heteroatoms. The standard InChI is InChI=1S/C28H26N2O5S/c1-5-16-10-12-18(13-11-16)30-27(31)23-24(17-14-20(33-2)25(35-4)21(15-17)34-3)29-19-8-6-7-9-22(19)36-26(23)28(30)32/h6-15,24,29H,5H2,1-4H3. The number of nitrogens with one attached hydrogen (secondary N) is 1. The summed E-state index contributed by atoms with van der Waals surface area (Å²) in [4.78, 5) is 30.2. The predicted octanol–water partition coefficient (Wildman–Crippen LogP) is 5.36. The molecule has 0 fully saturated rings. The molecule has 3 aromatic rings. The van der Waals surface area contributed by atoms with Crippen molar-refractivity contribution in [2.45, 2.75) is 24.3 Å². The van der Waals surface area contributed by atoms with Gasteiger partial charge in [0.1, 0.15) is 0 Å². The molecule has 7 nitrogen and oxygen atoms in total. The number of methoxy groups -OCH3 is 3. The van der Waals surface area contributed by atoms with Crippen molar-refractivity contribution >= 4 is 35.0 Å². The lowest BCUT2D eigenvalue weighted by atomic mass is 9.97. The fourth-order valence-electron chi connectivity index (χ4n) is 4.53. The molecule has 1 N–H and O–H groups in total. The van der Waals surface area contributed by atoms with Crippen LogP contribution in [0.25, 0.3) is 0 Å². The van der Waals surface area contributed by atoms with Crippen LogP contribution < -0.4 is 24.4 Å². The van der Waals surface area contributed by atoms with E-state index in [-0.39, 0.29) is 11.8 Å². The van der Waals surface area contributed by atoms with Crippen LogP contribution in [0.2, 0.25) is 0 Å². The molecule has 1 atom stereocenters. The molecule has 2 aliphatic rings. The van der Waals surface area contributed by atoms with Gasteiger partial charge in [0.2, 0.25) is 5.75 Å². The number of anilines is 2. The van der Waals surface area contributed by atoms with E-state index >= 15 is 0 Å². The lowest BCUT2D eigenvalue weighted by Gasteiger charge is -2.24. The minimum Gasteiger partial charge on any atom is -0.493 e. The van der Waals surface area contributed by atoms with Crippen molar-refractivity contribution < 1.29 is 23.8 Å². The number of hydrogen-bond acceptors (Lipinski definition) is 7. The van der Waals surface area contributed by atoms with Gasteiger partial charge in [0.15, 0.2) is 11.5 Å². The lowest BCUT2D eigenvalue weighted by Crippen LogP contribution is -2.33. The number of nitrogens with zero attached hydrogens (tertiary/aromatic N) is 1. The number of fused-ring (bicyclic) bond motifs is 1. The highest BCUT2D eigenvalue weighted by molar-refractivity contribution is 8.04.